The molecule has 0 aromatic heterocycles. The summed E-state index contributed by atoms with van der Waals surface area (Å²) in [4.78, 5) is 10.2. The molecule has 0 saturated heterocycles. The average molecular weight is 256 g/mol. The summed E-state index contributed by atoms with van der Waals surface area (Å²) in [5.41, 5.74) is 0. The van der Waals surface area contributed by atoms with Crippen LogP contribution in [0.3, 0.4) is 0 Å². The Bertz CT molecular complexity index is 328. The second kappa shape index (κ2) is 8.17. The summed E-state index contributed by atoms with van der Waals surface area (Å²) in [6, 6.07) is 8.72. The zero-order chi connectivity index (χ0) is 10.4. The molecule has 4 nitrogen and oxygen atoms in total. The summed E-state index contributed by atoms with van der Waals surface area (Å²) in [6.07, 6.45) is -0.0421. The first-order valence-electron chi connectivity index (χ1n) is 4.16. The second-order valence-corrected chi connectivity index (χ2v) is 4.13. The van der Waals surface area contributed by atoms with Crippen LogP contribution in [0.1, 0.15) is 6.42 Å². The monoisotopic (exact) mass is 256 g/mol. The van der Waals surface area contributed by atoms with Crippen LogP contribution in [0.25, 0.3) is 0 Å². The van der Waals surface area contributed by atoms with Crippen LogP contribution >= 0.6 is 8.03 Å². The Hall–Kier alpha value is -0.0203. The Morgan fingerprint density at radius 3 is 2.47 bits per heavy atom. The predicted molar refractivity (Wildman–Crippen MR) is 61.7 cm³/mol. The Kier molecular flexibility index (Phi) is 8.16. The normalized spacial score (nSPS) is 11.2. The minimum absolute atomic E-state index is 0. The van der Waals surface area contributed by atoms with Crippen molar-refractivity contribution in [3.05, 3.63) is 30.3 Å². The van der Waals surface area contributed by atoms with Crippen LogP contribution < -0.4 is 4.52 Å². The SMILES string of the molecule is O=C(O)CC[PH](=O)Oc1ccccc1.[CaH2]. The fraction of sp³-hybridized carbons (Fsp3) is 0.222. The number of hydrogen-bond acceptors (Lipinski definition) is 3. The number of para-hydroxylation sites is 1. The number of rotatable bonds is 5. The molecule has 1 aromatic carbocycles. The van der Waals surface area contributed by atoms with E-state index in [0.717, 1.165) is 0 Å². The molecule has 0 saturated carbocycles. The van der Waals surface area contributed by atoms with Crippen molar-refractivity contribution in [2.24, 2.45) is 0 Å². The Morgan fingerprint density at radius 2 is 1.93 bits per heavy atom. The summed E-state index contributed by atoms with van der Waals surface area (Å²) >= 11 is 0. The van der Waals surface area contributed by atoms with E-state index in [1.54, 1.807) is 24.3 Å². The van der Waals surface area contributed by atoms with Crippen molar-refractivity contribution >= 4 is 51.7 Å². The molecule has 0 fully saturated rings. The topological polar surface area (TPSA) is 63.6 Å². The first kappa shape index (κ1) is 15.0. The van der Waals surface area contributed by atoms with Crippen LogP contribution in [0.5, 0.6) is 5.75 Å². The third-order valence-electron chi connectivity index (χ3n) is 1.52. The maximum atomic E-state index is 11.2. The van der Waals surface area contributed by atoms with Crippen LogP contribution in [0, 0.1) is 0 Å². The third-order valence-corrected chi connectivity index (χ3v) is 2.64. The molecule has 1 aromatic rings. The molecule has 6 heteroatoms. The summed E-state index contributed by atoms with van der Waals surface area (Å²) in [5.74, 6) is -0.443. The van der Waals surface area contributed by atoms with E-state index in [1.165, 1.54) is 0 Å². The van der Waals surface area contributed by atoms with Gasteiger partial charge >= 0.3 is 43.7 Å². The predicted octanol–water partition coefficient (Wildman–Crippen LogP) is 1.10. The first-order valence-corrected chi connectivity index (χ1v) is 5.68. The number of carboxylic acids is 1. The molecular weight excluding hydrogens is 243 g/mol. The van der Waals surface area contributed by atoms with Crippen molar-refractivity contribution in [1.29, 1.82) is 0 Å². The molecule has 0 aliphatic heterocycles. The van der Waals surface area contributed by atoms with Crippen LogP contribution in [0.2, 0.25) is 0 Å². The van der Waals surface area contributed by atoms with E-state index in [9.17, 15) is 9.36 Å². The van der Waals surface area contributed by atoms with E-state index in [-0.39, 0.29) is 50.3 Å². The summed E-state index contributed by atoms with van der Waals surface area (Å²) in [5, 5.41) is 8.35. The average Bonchev–Trinajstić information content (AvgIpc) is 2.16. The van der Waals surface area contributed by atoms with Crippen molar-refractivity contribution in [2.75, 3.05) is 6.16 Å². The summed E-state index contributed by atoms with van der Waals surface area (Å²) in [6.45, 7) is 0. The Balaban J connectivity index is 0.00000196. The first-order chi connectivity index (χ1) is 6.68. The van der Waals surface area contributed by atoms with Crippen LogP contribution in [0.4, 0.5) is 0 Å². The third kappa shape index (κ3) is 6.96. The van der Waals surface area contributed by atoms with Gasteiger partial charge in [0.05, 0.1) is 6.42 Å². The van der Waals surface area contributed by atoms with E-state index in [0.29, 0.717) is 5.75 Å². The standard InChI is InChI=1S/C9H11O4P.Ca.2H/c10-9(11)6-7-14(12)13-8-4-2-1-3-5-8;;;/h1-5,14H,6-7H2,(H,10,11);;;. The van der Waals surface area contributed by atoms with Crippen LogP contribution in [0.15, 0.2) is 30.3 Å². The van der Waals surface area contributed by atoms with Crippen molar-refractivity contribution in [3.8, 4) is 5.75 Å². The summed E-state index contributed by atoms with van der Waals surface area (Å²) < 4.78 is 16.3. The van der Waals surface area contributed by atoms with Gasteiger partial charge < -0.3 is 9.63 Å². The zero-order valence-electron chi connectivity index (χ0n) is 7.47. The molecule has 0 spiro atoms. The van der Waals surface area contributed by atoms with Gasteiger partial charge in [0, 0.05) is 6.16 Å². The van der Waals surface area contributed by atoms with Crippen molar-refractivity contribution in [1.82, 2.24) is 0 Å². The minimum atomic E-state index is -2.27. The Morgan fingerprint density at radius 1 is 1.33 bits per heavy atom. The number of benzene rings is 1. The van der Waals surface area contributed by atoms with E-state index in [1.807, 2.05) is 6.07 Å². The molecule has 0 radical (unpaired) electrons. The number of aliphatic carboxylic acids is 1. The molecule has 1 rings (SSSR count). The molecule has 0 bridgehead atoms. The zero-order valence-corrected chi connectivity index (χ0v) is 8.47. The number of carbonyl (C=O) groups is 1. The van der Waals surface area contributed by atoms with E-state index < -0.39 is 14.0 Å². The van der Waals surface area contributed by atoms with E-state index in [4.69, 9.17) is 9.63 Å². The van der Waals surface area contributed by atoms with Gasteiger partial charge in [-0.15, -0.1) is 0 Å². The Labute approximate surface area is 119 Å². The fourth-order valence-corrected chi connectivity index (χ4v) is 1.80. The van der Waals surface area contributed by atoms with E-state index >= 15 is 0 Å². The number of hydrogen-bond donors (Lipinski definition) is 1. The molecule has 80 valence electrons. The van der Waals surface area contributed by atoms with Crippen LogP contribution in [-0.2, 0) is 9.36 Å². The molecule has 0 amide bonds. The number of carboxylic acid groups (broad SMARTS) is 1. The van der Waals surface area contributed by atoms with Gasteiger partial charge in [0.25, 0.3) is 0 Å². The molecule has 0 heterocycles. The van der Waals surface area contributed by atoms with Gasteiger partial charge in [-0.25, -0.2) is 0 Å². The van der Waals surface area contributed by atoms with Gasteiger partial charge in [-0.3, -0.25) is 9.36 Å². The van der Waals surface area contributed by atoms with Gasteiger partial charge in [0.2, 0.25) is 8.03 Å². The van der Waals surface area contributed by atoms with Crippen molar-refractivity contribution in [2.45, 2.75) is 6.42 Å². The molecule has 0 aliphatic rings. The molecular formula is C9H13CaO4P. The van der Waals surface area contributed by atoms with Crippen molar-refractivity contribution in [3.63, 3.8) is 0 Å². The van der Waals surface area contributed by atoms with Crippen LogP contribution in [-0.4, -0.2) is 55.0 Å². The summed E-state index contributed by atoms with van der Waals surface area (Å²) in [7, 11) is -2.27. The molecule has 1 N–H and O–H groups in total. The quantitative estimate of drug-likeness (QED) is 0.633. The van der Waals surface area contributed by atoms with Gasteiger partial charge in [-0.2, -0.15) is 0 Å². The molecule has 1 unspecified atom stereocenters. The second-order valence-electron chi connectivity index (χ2n) is 2.68. The molecule has 1 atom stereocenters. The fourth-order valence-electron chi connectivity index (χ4n) is 0.880. The van der Waals surface area contributed by atoms with Crippen molar-refractivity contribution < 1.29 is 19.0 Å². The molecule has 15 heavy (non-hydrogen) atoms. The van der Waals surface area contributed by atoms with Gasteiger partial charge in [-0.1, -0.05) is 18.2 Å². The maximum absolute atomic E-state index is 11.2. The molecule has 0 aliphatic carbocycles. The van der Waals surface area contributed by atoms with Gasteiger partial charge in [-0.05, 0) is 12.1 Å². The van der Waals surface area contributed by atoms with Gasteiger partial charge in [0.15, 0.2) is 0 Å². The van der Waals surface area contributed by atoms with Gasteiger partial charge in [0.1, 0.15) is 5.75 Å². The van der Waals surface area contributed by atoms with E-state index in [2.05, 4.69) is 0 Å².